The van der Waals surface area contributed by atoms with Crippen molar-refractivity contribution < 1.29 is 39.6 Å². The second kappa shape index (κ2) is 8.89. The Kier molecular flexibility index (Phi) is 6.29. The van der Waals surface area contributed by atoms with Crippen molar-refractivity contribution >= 4 is 28.9 Å². The predicted octanol–water partition coefficient (Wildman–Crippen LogP) is 0.463. The quantitative estimate of drug-likeness (QED) is 0.105. The molecule has 0 fully saturated rings. The molecule has 1 amide bonds. The SMILES string of the molecule is CCON=C(C)c1cc(N)c(O)c2c1C[C@H]1C[C@H]3[C@H](N(C)C)C(O)=C(C(N)=O)C(=O)[C@@]3(O)C(O)=C1C2=O. The molecule has 1 aromatic carbocycles. The molecule has 198 valence electrons. The third kappa shape index (κ3) is 3.58. The van der Waals surface area contributed by atoms with E-state index in [9.17, 15) is 34.8 Å². The van der Waals surface area contributed by atoms with E-state index in [2.05, 4.69) is 5.16 Å². The van der Waals surface area contributed by atoms with Crippen LogP contribution in [-0.4, -0.2) is 80.9 Å². The van der Waals surface area contributed by atoms with E-state index in [0.717, 1.165) is 0 Å². The van der Waals surface area contributed by atoms with Crippen molar-refractivity contribution in [3.05, 3.63) is 45.4 Å². The van der Waals surface area contributed by atoms with Gasteiger partial charge in [0.2, 0.25) is 5.78 Å². The fourth-order valence-corrected chi connectivity index (χ4v) is 5.87. The van der Waals surface area contributed by atoms with Gasteiger partial charge in [-0.25, -0.2) is 0 Å². The number of amides is 1. The highest BCUT2D eigenvalue weighted by Gasteiger charge is 2.63. The zero-order valence-electron chi connectivity index (χ0n) is 20.9. The number of oxime groups is 1. The summed E-state index contributed by atoms with van der Waals surface area (Å²) in [6, 6.07) is 0.416. The van der Waals surface area contributed by atoms with Gasteiger partial charge >= 0.3 is 0 Å². The molecule has 12 nitrogen and oxygen atoms in total. The minimum absolute atomic E-state index is 0.0159. The Hall–Kier alpha value is -3.90. The minimum atomic E-state index is -2.70. The van der Waals surface area contributed by atoms with Crippen molar-refractivity contribution in [2.75, 3.05) is 26.4 Å². The van der Waals surface area contributed by atoms with Gasteiger partial charge in [0.15, 0.2) is 11.4 Å². The second-order valence-electron chi connectivity index (χ2n) is 9.77. The molecule has 8 N–H and O–H groups in total. The number of phenols is 1. The van der Waals surface area contributed by atoms with Crippen LogP contribution in [0.5, 0.6) is 5.75 Å². The number of nitrogens with zero attached hydrogens (tertiary/aromatic N) is 2. The molecule has 0 aromatic heterocycles. The number of benzene rings is 1. The molecule has 0 unspecified atom stereocenters. The van der Waals surface area contributed by atoms with Gasteiger partial charge in [-0.3, -0.25) is 19.3 Å². The van der Waals surface area contributed by atoms with E-state index in [4.69, 9.17) is 16.3 Å². The number of aliphatic hydroxyl groups excluding tert-OH is 2. The van der Waals surface area contributed by atoms with Crippen LogP contribution in [0.2, 0.25) is 0 Å². The Morgan fingerprint density at radius 1 is 1.27 bits per heavy atom. The molecule has 0 bridgehead atoms. The minimum Gasteiger partial charge on any atom is -0.510 e. The Morgan fingerprint density at radius 2 is 1.92 bits per heavy atom. The maximum absolute atomic E-state index is 13.8. The molecule has 0 aliphatic heterocycles. The van der Waals surface area contributed by atoms with Gasteiger partial charge in [-0.1, -0.05) is 5.16 Å². The van der Waals surface area contributed by atoms with E-state index in [0.29, 0.717) is 23.4 Å². The Bertz CT molecular complexity index is 1330. The summed E-state index contributed by atoms with van der Waals surface area (Å²) in [5.74, 6) is -7.26. The van der Waals surface area contributed by atoms with Gasteiger partial charge in [0.1, 0.15) is 29.4 Å². The number of carbonyl (C=O) groups is 3. The third-order valence-corrected chi connectivity index (χ3v) is 7.47. The summed E-state index contributed by atoms with van der Waals surface area (Å²) in [5.41, 5.74) is 8.51. The summed E-state index contributed by atoms with van der Waals surface area (Å²) in [4.78, 5) is 45.8. The zero-order chi connectivity index (χ0) is 27.6. The maximum Gasteiger partial charge on any atom is 0.255 e. The van der Waals surface area contributed by atoms with Crippen LogP contribution >= 0.6 is 0 Å². The Balaban J connectivity index is 1.97. The first kappa shape index (κ1) is 26.2. The van der Waals surface area contributed by atoms with Gasteiger partial charge in [0.25, 0.3) is 5.91 Å². The van der Waals surface area contributed by atoms with Gasteiger partial charge < -0.3 is 36.7 Å². The number of hydrogen-bond acceptors (Lipinski definition) is 11. The number of rotatable bonds is 5. The lowest BCUT2D eigenvalue weighted by Crippen LogP contribution is -2.63. The van der Waals surface area contributed by atoms with Crippen molar-refractivity contribution in [1.82, 2.24) is 4.90 Å². The molecule has 0 saturated heterocycles. The van der Waals surface area contributed by atoms with Gasteiger partial charge in [-0.2, -0.15) is 0 Å². The fourth-order valence-electron chi connectivity index (χ4n) is 5.87. The van der Waals surface area contributed by atoms with Gasteiger partial charge in [-0.05, 0) is 58.3 Å². The van der Waals surface area contributed by atoms with Gasteiger partial charge in [-0.15, -0.1) is 0 Å². The van der Waals surface area contributed by atoms with Gasteiger partial charge in [0.05, 0.1) is 23.0 Å². The molecule has 4 rings (SSSR count). The largest absolute Gasteiger partial charge is 0.510 e. The number of likely N-dealkylation sites (N-methyl/N-ethyl adjacent to an activating group) is 1. The molecule has 0 saturated carbocycles. The molecule has 37 heavy (non-hydrogen) atoms. The molecule has 4 atom stereocenters. The van der Waals surface area contributed by atoms with Crippen LogP contribution < -0.4 is 11.5 Å². The molecular formula is C25H30N4O8. The number of fused-ring (bicyclic) bond motifs is 3. The third-order valence-electron chi connectivity index (χ3n) is 7.47. The molecule has 3 aliphatic carbocycles. The number of anilines is 1. The van der Waals surface area contributed by atoms with Crippen LogP contribution in [0.4, 0.5) is 5.69 Å². The number of nitrogen functional groups attached to an aromatic ring is 1. The highest BCUT2D eigenvalue weighted by Crippen LogP contribution is 2.53. The first-order valence-corrected chi connectivity index (χ1v) is 11.7. The molecule has 3 aliphatic rings. The second-order valence-corrected chi connectivity index (χ2v) is 9.77. The van der Waals surface area contributed by atoms with Crippen LogP contribution in [0.15, 0.2) is 33.9 Å². The lowest BCUT2D eigenvalue weighted by molar-refractivity contribution is -0.148. The average Bonchev–Trinajstić information content (AvgIpc) is 2.81. The van der Waals surface area contributed by atoms with E-state index >= 15 is 0 Å². The number of phenolic OH excluding ortho intramolecular Hbond substituents is 1. The molecule has 0 heterocycles. The van der Waals surface area contributed by atoms with Crippen LogP contribution in [-0.2, 0) is 20.8 Å². The number of ketones is 2. The number of carbonyl (C=O) groups excluding carboxylic acids is 3. The van der Waals surface area contributed by atoms with Crippen molar-refractivity contribution in [3.8, 4) is 5.75 Å². The van der Waals surface area contributed by atoms with Gasteiger partial charge in [0, 0.05) is 17.1 Å². The molecule has 0 radical (unpaired) electrons. The van der Waals surface area contributed by atoms with E-state index in [1.165, 1.54) is 11.0 Å². The van der Waals surface area contributed by atoms with Crippen LogP contribution in [0.3, 0.4) is 0 Å². The van der Waals surface area contributed by atoms with Crippen molar-refractivity contribution in [1.29, 1.82) is 0 Å². The number of nitrogens with two attached hydrogens (primary N) is 2. The number of allylic oxidation sites excluding steroid dienone is 1. The van der Waals surface area contributed by atoms with E-state index in [1.807, 2.05) is 0 Å². The number of aliphatic hydroxyl groups is 3. The van der Waals surface area contributed by atoms with E-state index < -0.39 is 63.8 Å². The summed E-state index contributed by atoms with van der Waals surface area (Å²) < 4.78 is 0. The normalized spacial score (nSPS) is 27.7. The molecular weight excluding hydrogens is 484 g/mol. The maximum atomic E-state index is 13.8. The predicted molar refractivity (Wildman–Crippen MR) is 132 cm³/mol. The van der Waals surface area contributed by atoms with Crippen LogP contribution in [0, 0.1) is 11.8 Å². The standard InChI is InChI=1S/C25H30N4O8/c1-5-37-28-9(2)11-8-14(26)19(30)16-12(11)6-10-7-13-18(29(3)4)21(32)17(24(27)35)23(34)25(13,36)22(33)15(10)20(16)31/h8,10,13,18,30,32-33,36H,5-7,26H2,1-4H3,(H2,27,35)/t10-,13-,18-,25-/m0/s1. The summed E-state index contributed by atoms with van der Waals surface area (Å²) in [6.45, 7) is 3.72. The van der Waals surface area contributed by atoms with Crippen molar-refractivity contribution in [2.24, 2.45) is 22.7 Å². The summed E-state index contributed by atoms with van der Waals surface area (Å²) >= 11 is 0. The summed E-state index contributed by atoms with van der Waals surface area (Å²) in [6.07, 6.45) is 0.106. The van der Waals surface area contributed by atoms with Crippen molar-refractivity contribution in [2.45, 2.75) is 38.3 Å². The molecule has 1 aromatic rings. The fraction of sp³-hybridized carbons (Fsp3) is 0.440. The Labute approximate surface area is 212 Å². The number of primary amides is 1. The van der Waals surface area contributed by atoms with E-state index in [1.54, 1.807) is 27.9 Å². The zero-order valence-corrected chi connectivity index (χ0v) is 20.9. The lowest BCUT2D eigenvalue weighted by atomic mass is 9.58. The highest BCUT2D eigenvalue weighted by atomic mass is 16.6. The summed E-state index contributed by atoms with van der Waals surface area (Å²) in [5, 5.41) is 48.5. The smallest absolute Gasteiger partial charge is 0.255 e. The summed E-state index contributed by atoms with van der Waals surface area (Å²) in [7, 11) is 3.14. The monoisotopic (exact) mass is 514 g/mol. The van der Waals surface area contributed by atoms with Crippen LogP contribution in [0.1, 0.15) is 41.8 Å². The van der Waals surface area contributed by atoms with E-state index in [-0.39, 0.29) is 29.7 Å². The van der Waals surface area contributed by atoms with Crippen LogP contribution in [0.25, 0.3) is 0 Å². The highest BCUT2D eigenvalue weighted by molar-refractivity contribution is 6.25. The Morgan fingerprint density at radius 3 is 2.49 bits per heavy atom. The average molecular weight is 515 g/mol. The first-order chi connectivity index (χ1) is 17.3. The molecule has 0 spiro atoms. The number of aromatic hydroxyl groups is 1. The first-order valence-electron chi connectivity index (χ1n) is 11.7. The topological polar surface area (TPSA) is 209 Å². The lowest BCUT2D eigenvalue weighted by Gasteiger charge is -2.50. The number of hydrogen-bond donors (Lipinski definition) is 6. The van der Waals surface area contributed by atoms with Crippen molar-refractivity contribution in [3.63, 3.8) is 0 Å². The number of Topliss-reactive ketones (excluding diaryl/α,β-unsaturated/α-hetero) is 2. The molecule has 12 heteroatoms.